The average Bonchev–Trinajstić information content (AvgIpc) is 2.72. The first-order valence-electron chi connectivity index (χ1n) is 6.37. The SMILES string of the molecule is CC(C)(C(=O)O)C(C)(C)N1C(=O)C2CCC(O2)C1=O. The van der Waals surface area contributed by atoms with Crippen molar-refractivity contribution in [1.82, 2.24) is 4.90 Å². The number of carbonyl (C=O) groups excluding carboxylic acids is 2. The van der Waals surface area contributed by atoms with Gasteiger partial charge in [-0.3, -0.25) is 19.3 Å². The molecule has 106 valence electrons. The Morgan fingerprint density at radius 3 is 1.95 bits per heavy atom. The van der Waals surface area contributed by atoms with Crippen molar-refractivity contribution in [3.8, 4) is 0 Å². The Hall–Kier alpha value is -1.43. The van der Waals surface area contributed by atoms with Crippen molar-refractivity contribution >= 4 is 17.8 Å². The number of morpholine rings is 1. The van der Waals surface area contributed by atoms with Gasteiger partial charge in [0.2, 0.25) is 0 Å². The highest BCUT2D eigenvalue weighted by molar-refractivity contribution is 6.03. The summed E-state index contributed by atoms with van der Waals surface area (Å²) in [4.78, 5) is 37.1. The van der Waals surface area contributed by atoms with Crippen molar-refractivity contribution in [3.05, 3.63) is 0 Å². The smallest absolute Gasteiger partial charge is 0.311 e. The van der Waals surface area contributed by atoms with E-state index in [4.69, 9.17) is 4.74 Å². The van der Waals surface area contributed by atoms with Gasteiger partial charge in [-0.25, -0.2) is 0 Å². The zero-order chi connectivity index (χ0) is 14.6. The van der Waals surface area contributed by atoms with Gasteiger partial charge in [-0.05, 0) is 40.5 Å². The fraction of sp³-hybridized carbons (Fsp3) is 0.769. The predicted octanol–water partition coefficient (Wildman–Crippen LogP) is 0.792. The molecule has 0 aliphatic carbocycles. The maximum Gasteiger partial charge on any atom is 0.311 e. The van der Waals surface area contributed by atoms with Gasteiger partial charge in [-0.15, -0.1) is 0 Å². The second kappa shape index (κ2) is 4.03. The maximum atomic E-state index is 12.3. The van der Waals surface area contributed by atoms with Crippen LogP contribution in [0.15, 0.2) is 0 Å². The molecule has 6 heteroatoms. The summed E-state index contributed by atoms with van der Waals surface area (Å²) in [6.07, 6.45) is -0.164. The van der Waals surface area contributed by atoms with E-state index < -0.39 is 40.9 Å². The van der Waals surface area contributed by atoms with Gasteiger partial charge in [-0.2, -0.15) is 0 Å². The van der Waals surface area contributed by atoms with Crippen LogP contribution in [-0.4, -0.2) is 45.5 Å². The second-order valence-corrected chi connectivity index (χ2v) is 6.19. The van der Waals surface area contributed by atoms with E-state index in [0.29, 0.717) is 12.8 Å². The van der Waals surface area contributed by atoms with Gasteiger partial charge < -0.3 is 9.84 Å². The zero-order valence-electron chi connectivity index (χ0n) is 11.6. The summed E-state index contributed by atoms with van der Waals surface area (Å²) in [5, 5.41) is 9.35. The molecule has 2 bridgehead atoms. The third-order valence-electron chi connectivity index (χ3n) is 4.63. The van der Waals surface area contributed by atoms with E-state index in [9.17, 15) is 19.5 Å². The number of hydrogen-bond acceptors (Lipinski definition) is 4. The number of ether oxygens (including phenoxy) is 1. The molecule has 2 heterocycles. The minimum atomic E-state index is -1.24. The maximum absolute atomic E-state index is 12.3. The number of likely N-dealkylation sites (tertiary alicyclic amines) is 1. The molecule has 0 spiro atoms. The van der Waals surface area contributed by atoms with Crippen molar-refractivity contribution in [1.29, 1.82) is 0 Å². The Morgan fingerprint density at radius 1 is 1.16 bits per heavy atom. The summed E-state index contributed by atoms with van der Waals surface area (Å²) in [5.41, 5.74) is -2.35. The van der Waals surface area contributed by atoms with E-state index in [1.807, 2.05) is 0 Å². The molecule has 19 heavy (non-hydrogen) atoms. The molecule has 2 unspecified atom stereocenters. The molecular weight excluding hydrogens is 250 g/mol. The van der Waals surface area contributed by atoms with Crippen LogP contribution in [-0.2, 0) is 19.1 Å². The minimum Gasteiger partial charge on any atom is -0.481 e. The normalized spacial score (nSPS) is 27.9. The van der Waals surface area contributed by atoms with Gasteiger partial charge in [-0.1, -0.05) is 0 Å². The molecule has 0 radical (unpaired) electrons. The monoisotopic (exact) mass is 269 g/mol. The molecule has 2 fully saturated rings. The number of fused-ring (bicyclic) bond motifs is 2. The molecule has 2 amide bonds. The lowest BCUT2D eigenvalue weighted by Crippen LogP contribution is -2.66. The molecule has 1 N–H and O–H groups in total. The number of aliphatic carboxylic acids is 1. The van der Waals surface area contributed by atoms with Crippen molar-refractivity contribution in [2.45, 2.75) is 58.3 Å². The third-order valence-corrected chi connectivity index (χ3v) is 4.63. The van der Waals surface area contributed by atoms with Crippen LogP contribution < -0.4 is 0 Å². The van der Waals surface area contributed by atoms with E-state index in [1.54, 1.807) is 13.8 Å². The first-order valence-corrected chi connectivity index (χ1v) is 6.37. The van der Waals surface area contributed by atoms with E-state index >= 15 is 0 Å². The highest BCUT2D eigenvalue weighted by atomic mass is 16.5. The average molecular weight is 269 g/mol. The molecule has 2 aliphatic rings. The van der Waals surface area contributed by atoms with Crippen LogP contribution in [0.2, 0.25) is 0 Å². The van der Waals surface area contributed by atoms with Crippen LogP contribution in [0, 0.1) is 5.41 Å². The molecule has 2 aliphatic heterocycles. The topological polar surface area (TPSA) is 83.9 Å². The summed E-state index contributed by atoms with van der Waals surface area (Å²) >= 11 is 0. The van der Waals surface area contributed by atoms with Gasteiger partial charge >= 0.3 is 5.97 Å². The first kappa shape index (κ1) is 14.0. The van der Waals surface area contributed by atoms with Crippen LogP contribution in [0.4, 0.5) is 0 Å². The highest BCUT2D eigenvalue weighted by Crippen LogP contribution is 2.41. The number of carboxylic acid groups (broad SMARTS) is 1. The molecule has 0 aromatic carbocycles. The van der Waals surface area contributed by atoms with Gasteiger partial charge in [0.15, 0.2) is 0 Å². The number of nitrogens with zero attached hydrogens (tertiary/aromatic N) is 1. The fourth-order valence-electron chi connectivity index (χ4n) is 2.49. The van der Waals surface area contributed by atoms with Crippen molar-refractivity contribution in [2.24, 2.45) is 5.41 Å². The lowest BCUT2D eigenvalue weighted by atomic mass is 9.73. The molecule has 2 rings (SSSR count). The van der Waals surface area contributed by atoms with Crippen LogP contribution in [0.25, 0.3) is 0 Å². The third kappa shape index (κ3) is 1.77. The van der Waals surface area contributed by atoms with Gasteiger partial charge in [0.25, 0.3) is 11.8 Å². The number of carboxylic acids is 1. The van der Waals surface area contributed by atoms with Crippen molar-refractivity contribution in [2.75, 3.05) is 0 Å². The van der Waals surface area contributed by atoms with Gasteiger partial charge in [0.05, 0.1) is 11.0 Å². The summed E-state index contributed by atoms with van der Waals surface area (Å²) in [7, 11) is 0. The zero-order valence-corrected chi connectivity index (χ0v) is 11.6. The van der Waals surface area contributed by atoms with Crippen LogP contribution >= 0.6 is 0 Å². The van der Waals surface area contributed by atoms with E-state index in [2.05, 4.69) is 0 Å². The summed E-state index contributed by atoms with van der Waals surface area (Å²) in [5.74, 6) is -1.88. The highest BCUT2D eigenvalue weighted by Gasteiger charge is 2.57. The van der Waals surface area contributed by atoms with E-state index in [-0.39, 0.29) is 0 Å². The fourth-order valence-corrected chi connectivity index (χ4v) is 2.49. The predicted molar refractivity (Wildman–Crippen MR) is 65.2 cm³/mol. The molecule has 6 nitrogen and oxygen atoms in total. The summed E-state index contributed by atoms with van der Waals surface area (Å²) < 4.78 is 5.33. The van der Waals surface area contributed by atoms with E-state index in [0.717, 1.165) is 4.90 Å². The van der Waals surface area contributed by atoms with Gasteiger partial charge in [0.1, 0.15) is 12.2 Å². The number of carbonyl (C=O) groups is 3. The van der Waals surface area contributed by atoms with Crippen LogP contribution in [0.3, 0.4) is 0 Å². The number of hydrogen-bond donors (Lipinski definition) is 1. The number of amides is 2. The van der Waals surface area contributed by atoms with Crippen molar-refractivity contribution < 1.29 is 24.2 Å². The Labute approximate surface area is 111 Å². The van der Waals surface area contributed by atoms with Crippen LogP contribution in [0.1, 0.15) is 40.5 Å². The first-order chi connectivity index (χ1) is 8.60. The molecule has 2 saturated heterocycles. The Balaban J connectivity index is 2.42. The molecule has 0 aromatic heterocycles. The van der Waals surface area contributed by atoms with Crippen molar-refractivity contribution in [3.63, 3.8) is 0 Å². The molecule has 0 aromatic rings. The minimum absolute atomic E-state index is 0.418. The number of rotatable bonds is 3. The standard InChI is InChI=1S/C13H19NO5/c1-12(2,11(17)18)13(3,4)14-9(15)7-5-6-8(19-7)10(14)16/h7-8H,5-6H2,1-4H3,(H,17,18). The summed E-state index contributed by atoms with van der Waals surface area (Å²) in [6, 6.07) is 0. The lowest BCUT2D eigenvalue weighted by molar-refractivity contribution is -0.184. The molecule has 2 atom stereocenters. The lowest BCUT2D eigenvalue weighted by Gasteiger charge is -2.48. The molecular formula is C13H19NO5. The summed E-state index contributed by atoms with van der Waals surface area (Å²) in [6.45, 7) is 6.27. The Morgan fingerprint density at radius 2 is 1.58 bits per heavy atom. The largest absolute Gasteiger partial charge is 0.481 e. The Kier molecular flexibility index (Phi) is 2.97. The molecule has 0 saturated carbocycles. The van der Waals surface area contributed by atoms with Gasteiger partial charge in [0, 0.05) is 0 Å². The second-order valence-electron chi connectivity index (χ2n) is 6.19. The van der Waals surface area contributed by atoms with Crippen LogP contribution in [0.5, 0.6) is 0 Å². The Bertz CT molecular complexity index is 432. The number of imide groups is 1. The quantitative estimate of drug-likeness (QED) is 0.766. The van der Waals surface area contributed by atoms with E-state index in [1.165, 1.54) is 13.8 Å².